The van der Waals surface area contributed by atoms with Crippen LogP contribution in [0.25, 0.3) is 0 Å². The van der Waals surface area contributed by atoms with Gasteiger partial charge in [0.2, 0.25) is 0 Å². The van der Waals surface area contributed by atoms with Crippen LogP contribution >= 0.6 is 0 Å². The first-order valence-electron chi connectivity index (χ1n) is 6.13. The Labute approximate surface area is 112 Å². The molecule has 0 amide bonds. The number of nitro benzene ring substituents is 1. The zero-order valence-electron chi connectivity index (χ0n) is 10.7. The number of piperidine rings is 1. The van der Waals surface area contributed by atoms with Crippen molar-refractivity contribution < 1.29 is 13.3 Å². The van der Waals surface area contributed by atoms with E-state index in [1.807, 2.05) is 4.90 Å². The minimum absolute atomic E-state index is 0.0139. The molecule has 1 aliphatic rings. The van der Waals surface area contributed by atoms with Crippen LogP contribution in [0.2, 0.25) is 0 Å². The van der Waals surface area contributed by atoms with Gasteiger partial charge in [-0.05, 0) is 31.4 Å². The third-order valence-corrected chi connectivity index (χ3v) is 4.38. The Hall–Kier alpha value is -1.63. The number of benzene rings is 1. The second kappa shape index (κ2) is 5.16. The molecule has 0 aromatic heterocycles. The summed E-state index contributed by atoms with van der Waals surface area (Å²) in [5, 5.41) is 11.1. The van der Waals surface area contributed by atoms with Gasteiger partial charge in [-0.15, -0.1) is 0 Å². The van der Waals surface area contributed by atoms with E-state index in [4.69, 9.17) is 0 Å². The van der Waals surface area contributed by atoms with E-state index >= 15 is 0 Å². The van der Waals surface area contributed by atoms with Gasteiger partial charge >= 0.3 is 0 Å². The Morgan fingerprint density at radius 2 is 1.84 bits per heavy atom. The molecule has 104 valence electrons. The lowest BCUT2D eigenvalue weighted by Gasteiger charge is -2.28. The van der Waals surface area contributed by atoms with Gasteiger partial charge in [-0.3, -0.25) is 10.1 Å². The highest BCUT2D eigenvalue weighted by atomic mass is 32.2. The highest BCUT2D eigenvalue weighted by molar-refractivity contribution is 7.90. The molecule has 0 radical (unpaired) electrons. The molecular weight excluding hydrogens is 268 g/mol. The summed E-state index contributed by atoms with van der Waals surface area (Å²) in [5.41, 5.74) is 0.377. The van der Waals surface area contributed by atoms with Crippen molar-refractivity contribution in [3.8, 4) is 0 Å². The molecule has 0 saturated carbocycles. The van der Waals surface area contributed by atoms with Crippen molar-refractivity contribution in [2.45, 2.75) is 24.2 Å². The van der Waals surface area contributed by atoms with Crippen molar-refractivity contribution in [3.05, 3.63) is 28.3 Å². The molecule has 0 aliphatic carbocycles. The fourth-order valence-electron chi connectivity index (χ4n) is 2.28. The lowest BCUT2D eigenvalue weighted by molar-refractivity contribution is -0.384. The average Bonchev–Trinajstić information content (AvgIpc) is 2.38. The van der Waals surface area contributed by atoms with Crippen LogP contribution in [0.1, 0.15) is 19.3 Å². The Morgan fingerprint density at radius 3 is 2.37 bits per heavy atom. The van der Waals surface area contributed by atoms with Gasteiger partial charge in [-0.2, -0.15) is 0 Å². The molecule has 0 unspecified atom stereocenters. The average molecular weight is 284 g/mol. The van der Waals surface area contributed by atoms with Crippen LogP contribution in [0.5, 0.6) is 0 Å². The Morgan fingerprint density at radius 1 is 1.21 bits per heavy atom. The number of anilines is 1. The molecule has 1 heterocycles. The Kier molecular flexibility index (Phi) is 3.75. The maximum Gasteiger partial charge on any atom is 0.293 e. The van der Waals surface area contributed by atoms with E-state index in [1.54, 1.807) is 6.07 Å². The third-order valence-electron chi connectivity index (χ3n) is 3.27. The molecule has 0 bridgehead atoms. The molecule has 1 aliphatic heterocycles. The topological polar surface area (TPSA) is 80.5 Å². The van der Waals surface area contributed by atoms with Crippen molar-refractivity contribution in [2.24, 2.45) is 0 Å². The predicted octanol–water partition coefficient (Wildman–Crippen LogP) is 1.99. The van der Waals surface area contributed by atoms with E-state index < -0.39 is 14.8 Å². The maximum absolute atomic E-state index is 11.5. The molecular formula is C12H16N2O4S. The Balaban J connectivity index is 2.46. The monoisotopic (exact) mass is 284 g/mol. The van der Waals surface area contributed by atoms with E-state index in [-0.39, 0.29) is 10.6 Å². The predicted molar refractivity (Wildman–Crippen MR) is 72.3 cm³/mol. The second-order valence-corrected chi connectivity index (χ2v) is 6.74. The van der Waals surface area contributed by atoms with Crippen LogP contribution < -0.4 is 4.90 Å². The molecule has 7 heteroatoms. The van der Waals surface area contributed by atoms with Gasteiger partial charge in [0.15, 0.2) is 9.84 Å². The van der Waals surface area contributed by atoms with Crippen LogP contribution in [0.15, 0.2) is 23.1 Å². The molecule has 0 atom stereocenters. The summed E-state index contributed by atoms with van der Waals surface area (Å²) in [4.78, 5) is 12.6. The van der Waals surface area contributed by atoms with Gasteiger partial charge in [0.05, 0.1) is 9.82 Å². The van der Waals surface area contributed by atoms with Crippen LogP contribution in [0, 0.1) is 10.1 Å². The minimum Gasteiger partial charge on any atom is -0.366 e. The zero-order valence-corrected chi connectivity index (χ0v) is 11.5. The van der Waals surface area contributed by atoms with Crippen molar-refractivity contribution >= 4 is 21.2 Å². The molecule has 1 aromatic rings. The molecule has 2 rings (SSSR count). The molecule has 1 fully saturated rings. The third kappa shape index (κ3) is 3.04. The van der Waals surface area contributed by atoms with Gasteiger partial charge in [-0.25, -0.2) is 8.42 Å². The highest BCUT2D eigenvalue weighted by Gasteiger charge is 2.23. The number of rotatable bonds is 3. The fourth-order valence-corrected chi connectivity index (χ4v) is 2.92. The van der Waals surface area contributed by atoms with Crippen molar-refractivity contribution in [1.29, 1.82) is 0 Å². The molecule has 1 saturated heterocycles. The SMILES string of the molecule is CS(=O)(=O)c1ccc(N2CCCCC2)c([N+](=O)[O-])c1. The summed E-state index contributed by atoms with van der Waals surface area (Å²) < 4.78 is 22.9. The van der Waals surface area contributed by atoms with E-state index in [0.717, 1.165) is 44.7 Å². The van der Waals surface area contributed by atoms with Crippen LogP contribution in [-0.2, 0) is 9.84 Å². The second-order valence-electron chi connectivity index (χ2n) is 4.73. The first-order valence-corrected chi connectivity index (χ1v) is 8.02. The first kappa shape index (κ1) is 13.8. The number of hydrogen-bond acceptors (Lipinski definition) is 5. The van der Waals surface area contributed by atoms with Crippen molar-refractivity contribution in [2.75, 3.05) is 24.2 Å². The van der Waals surface area contributed by atoms with Gasteiger partial charge in [0, 0.05) is 25.4 Å². The number of nitrogens with zero attached hydrogens (tertiary/aromatic N) is 2. The van der Waals surface area contributed by atoms with Crippen LogP contribution in [-0.4, -0.2) is 32.7 Å². The maximum atomic E-state index is 11.5. The summed E-state index contributed by atoms with van der Waals surface area (Å²) in [7, 11) is -3.43. The van der Waals surface area contributed by atoms with E-state index in [9.17, 15) is 18.5 Å². The normalized spacial score (nSPS) is 16.4. The van der Waals surface area contributed by atoms with E-state index in [1.165, 1.54) is 6.07 Å². The van der Waals surface area contributed by atoms with Gasteiger partial charge < -0.3 is 4.90 Å². The summed E-state index contributed by atoms with van der Waals surface area (Å²) in [6.07, 6.45) is 4.19. The lowest BCUT2D eigenvalue weighted by atomic mass is 10.1. The standard InChI is InChI=1S/C12H16N2O4S/c1-19(17,18)10-5-6-11(12(9-10)14(15)16)13-7-3-2-4-8-13/h5-6,9H,2-4,7-8H2,1H3. The summed E-state index contributed by atoms with van der Waals surface area (Å²) >= 11 is 0. The van der Waals surface area contributed by atoms with Crippen molar-refractivity contribution in [1.82, 2.24) is 0 Å². The quantitative estimate of drug-likeness (QED) is 0.626. The summed E-state index contributed by atoms with van der Waals surface area (Å²) in [6.45, 7) is 1.55. The lowest BCUT2D eigenvalue weighted by Crippen LogP contribution is -2.30. The van der Waals surface area contributed by atoms with Gasteiger partial charge in [-0.1, -0.05) is 0 Å². The van der Waals surface area contributed by atoms with Crippen LogP contribution in [0.3, 0.4) is 0 Å². The molecule has 19 heavy (non-hydrogen) atoms. The minimum atomic E-state index is -3.43. The van der Waals surface area contributed by atoms with E-state index in [2.05, 4.69) is 0 Å². The fraction of sp³-hybridized carbons (Fsp3) is 0.500. The summed E-state index contributed by atoms with van der Waals surface area (Å²) in [5.74, 6) is 0. The molecule has 1 aromatic carbocycles. The number of nitro groups is 1. The van der Waals surface area contributed by atoms with Gasteiger partial charge in [0.1, 0.15) is 5.69 Å². The van der Waals surface area contributed by atoms with Crippen molar-refractivity contribution in [3.63, 3.8) is 0 Å². The van der Waals surface area contributed by atoms with Crippen LogP contribution in [0.4, 0.5) is 11.4 Å². The highest BCUT2D eigenvalue weighted by Crippen LogP contribution is 2.32. The first-order chi connectivity index (χ1) is 8.89. The van der Waals surface area contributed by atoms with Gasteiger partial charge in [0.25, 0.3) is 5.69 Å². The Bertz CT molecular complexity index is 592. The molecule has 6 nitrogen and oxygen atoms in total. The largest absolute Gasteiger partial charge is 0.366 e. The smallest absolute Gasteiger partial charge is 0.293 e. The molecule has 0 N–H and O–H groups in total. The number of sulfone groups is 1. The molecule has 0 spiro atoms. The zero-order chi connectivity index (χ0) is 14.0. The summed E-state index contributed by atoms with van der Waals surface area (Å²) in [6, 6.07) is 4.13. The number of hydrogen-bond donors (Lipinski definition) is 0. The van der Waals surface area contributed by atoms with E-state index in [0.29, 0.717) is 5.69 Å².